The van der Waals surface area contributed by atoms with Gasteiger partial charge in [-0.05, 0) is 51.0 Å². The van der Waals surface area contributed by atoms with Gasteiger partial charge in [0.05, 0.1) is 6.10 Å². The number of nitrogens with one attached hydrogen (secondary N) is 2. The fraction of sp³-hybridized carbons (Fsp3) is 0.391. The van der Waals surface area contributed by atoms with Crippen LogP contribution in [0.2, 0.25) is 0 Å². The van der Waals surface area contributed by atoms with E-state index in [9.17, 15) is 14.4 Å². The van der Waals surface area contributed by atoms with Gasteiger partial charge in [0.1, 0.15) is 12.1 Å². The molecule has 2 fully saturated rings. The van der Waals surface area contributed by atoms with E-state index in [0.717, 1.165) is 41.6 Å². The Kier molecular flexibility index (Phi) is 6.38. The largest absolute Gasteiger partial charge is 0.376 e. The molecule has 168 valence electrons. The zero-order chi connectivity index (χ0) is 22.8. The average Bonchev–Trinajstić information content (AvgIpc) is 3.37. The van der Waals surface area contributed by atoms with Crippen LogP contribution in [0.15, 0.2) is 29.8 Å². The first-order chi connectivity index (χ1) is 15.4. The van der Waals surface area contributed by atoms with Crippen LogP contribution < -0.4 is 10.6 Å². The molecule has 2 saturated heterocycles. The van der Waals surface area contributed by atoms with Crippen molar-refractivity contribution in [3.05, 3.63) is 41.1 Å². The summed E-state index contributed by atoms with van der Waals surface area (Å²) in [5.41, 5.74) is 2.41. The lowest BCUT2D eigenvalue weighted by molar-refractivity contribution is -0.128. The van der Waals surface area contributed by atoms with Crippen LogP contribution in [0.3, 0.4) is 0 Å². The Morgan fingerprint density at radius 2 is 2.12 bits per heavy atom. The van der Waals surface area contributed by atoms with Crippen molar-refractivity contribution in [3.8, 4) is 0 Å². The molecule has 1 atom stereocenters. The number of para-hydroxylation sites is 1. The van der Waals surface area contributed by atoms with Gasteiger partial charge in [-0.2, -0.15) is 0 Å². The summed E-state index contributed by atoms with van der Waals surface area (Å²) < 4.78 is 7.47. The minimum atomic E-state index is -0.518. The van der Waals surface area contributed by atoms with E-state index < -0.39 is 11.8 Å². The number of hydrogen-bond donors (Lipinski definition) is 2. The van der Waals surface area contributed by atoms with Crippen molar-refractivity contribution in [1.29, 1.82) is 0 Å². The zero-order valence-electron chi connectivity index (χ0n) is 18.1. The lowest BCUT2D eigenvalue weighted by Crippen LogP contribution is -2.53. The summed E-state index contributed by atoms with van der Waals surface area (Å²) in [4.78, 5) is 39.4. The van der Waals surface area contributed by atoms with Gasteiger partial charge in [0.15, 0.2) is 5.11 Å². The summed E-state index contributed by atoms with van der Waals surface area (Å²) >= 11 is 5.11. The molecule has 9 heteroatoms. The Labute approximate surface area is 191 Å². The third-order valence-corrected chi connectivity index (χ3v) is 6.25. The first-order valence-electron chi connectivity index (χ1n) is 10.8. The van der Waals surface area contributed by atoms with E-state index in [2.05, 4.69) is 10.6 Å². The third-order valence-electron chi connectivity index (χ3n) is 5.92. The second kappa shape index (κ2) is 9.22. The SMILES string of the molecule is CCN1C(=O)/C(=C\c2c(C)n(CC(=O)NC[C@@H]3CCCO3)c3ccccc23)C(=O)NC1=S. The number of benzene rings is 1. The quantitative estimate of drug-likeness (QED) is 0.395. The van der Waals surface area contributed by atoms with E-state index in [1.165, 1.54) is 4.90 Å². The van der Waals surface area contributed by atoms with Gasteiger partial charge in [-0.1, -0.05) is 18.2 Å². The summed E-state index contributed by atoms with van der Waals surface area (Å²) in [6, 6.07) is 7.63. The maximum absolute atomic E-state index is 12.9. The third kappa shape index (κ3) is 4.18. The van der Waals surface area contributed by atoms with Crippen LogP contribution >= 0.6 is 12.2 Å². The van der Waals surface area contributed by atoms with Gasteiger partial charge in [0, 0.05) is 41.9 Å². The van der Waals surface area contributed by atoms with Crippen molar-refractivity contribution >= 4 is 52.0 Å². The van der Waals surface area contributed by atoms with Gasteiger partial charge in [0.25, 0.3) is 11.8 Å². The van der Waals surface area contributed by atoms with Crippen LogP contribution in [0.25, 0.3) is 17.0 Å². The molecular formula is C23H26N4O4S. The summed E-state index contributed by atoms with van der Waals surface area (Å²) in [6.07, 6.45) is 3.65. The Balaban J connectivity index is 1.66. The zero-order valence-corrected chi connectivity index (χ0v) is 19.0. The summed E-state index contributed by atoms with van der Waals surface area (Å²) in [7, 11) is 0. The Bertz CT molecular complexity index is 1130. The van der Waals surface area contributed by atoms with Gasteiger partial charge < -0.3 is 14.6 Å². The molecule has 2 aromatic rings. The van der Waals surface area contributed by atoms with E-state index in [1.54, 1.807) is 13.0 Å². The second-order valence-corrected chi connectivity index (χ2v) is 8.29. The predicted molar refractivity (Wildman–Crippen MR) is 125 cm³/mol. The first kappa shape index (κ1) is 22.2. The van der Waals surface area contributed by atoms with Crippen LogP contribution in [-0.4, -0.2) is 58.1 Å². The summed E-state index contributed by atoms with van der Waals surface area (Å²) in [5.74, 6) is -1.06. The maximum Gasteiger partial charge on any atom is 0.265 e. The Morgan fingerprint density at radius 1 is 1.34 bits per heavy atom. The van der Waals surface area contributed by atoms with Crippen LogP contribution in [-0.2, 0) is 25.7 Å². The topological polar surface area (TPSA) is 92.7 Å². The number of ether oxygens (including phenoxy) is 1. The van der Waals surface area contributed by atoms with Crippen molar-refractivity contribution in [3.63, 3.8) is 0 Å². The molecule has 2 N–H and O–H groups in total. The number of carbonyl (C=O) groups is 3. The fourth-order valence-electron chi connectivity index (χ4n) is 4.20. The number of likely N-dealkylation sites (N-methyl/N-ethyl adjacent to an activating group) is 1. The van der Waals surface area contributed by atoms with E-state index in [4.69, 9.17) is 17.0 Å². The molecule has 1 aromatic carbocycles. The van der Waals surface area contributed by atoms with E-state index in [-0.39, 0.29) is 29.2 Å². The molecule has 3 heterocycles. The monoisotopic (exact) mass is 454 g/mol. The number of aromatic nitrogens is 1. The standard InChI is InChI=1S/C23H26N4O4S/c1-3-26-22(30)18(21(29)25-23(26)32)11-17-14(2)27(19-9-5-4-8-16(17)19)13-20(28)24-12-15-7-6-10-31-15/h4-5,8-9,11,15H,3,6-7,10,12-13H2,1-2H3,(H,24,28)(H,25,29,32)/b18-11-/t15-/m0/s1. The smallest absolute Gasteiger partial charge is 0.265 e. The van der Waals surface area contributed by atoms with Crippen LogP contribution in [0.4, 0.5) is 0 Å². The molecule has 2 aliphatic heterocycles. The lowest BCUT2D eigenvalue weighted by atomic mass is 10.0. The van der Waals surface area contributed by atoms with Crippen molar-refractivity contribution in [2.75, 3.05) is 19.7 Å². The molecule has 0 unspecified atom stereocenters. The predicted octanol–water partition coefficient (Wildman–Crippen LogP) is 1.89. The summed E-state index contributed by atoms with van der Waals surface area (Å²) in [5, 5.41) is 6.50. The van der Waals surface area contributed by atoms with Crippen molar-refractivity contribution < 1.29 is 19.1 Å². The highest BCUT2D eigenvalue weighted by Crippen LogP contribution is 2.29. The van der Waals surface area contributed by atoms with Crippen LogP contribution in [0.1, 0.15) is 31.0 Å². The number of fused-ring (bicyclic) bond motifs is 1. The van der Waals surface area contributed by atoms with Crippen LogP contribution in [0.5, 0.6) is 0 Å². The molecule has 0 aliphatic carbocycles. The van der Waals surface area contributed by atoms with Gasteiger partial charge in [-0.25, -0.2) is 0 Å². The minimum Gasteiger partial charge on any atom is -0.376 e. The molecule has 2 aliphatic rings. The molecule has 0 radical (unpaired) electrons. The molecule has 1 aromatic heterocycles. The molecule has 0 bridgehead atoms. The number of nitrogens with zero attached hydrogens (tertiary/aromatic N) is 2. The van der Waals surface area contributed by atoms with E-state index >= 15 is 0 Å². The average molecular weight is 455 g/mol. The number of amides is 3. The number of hydrogen-bond acceptors (Lipinski definition) is 5. The van der Waals surface area contributed by atoms with Crippen LogP contribution in [0, 0.1) is 6.92 Å². The minimum absolute atomic E-state index is 0.0225. The van der Waals surface area contributed by atoms with Crippen molar-refractivity contribution in [2.45, 2.75) is 39.3 Å². The molecule has 0 spiro atoms. The Hall–Kier alpha value is -3.04. The van der Waals surface area contributed by atoms with Crippen molar-refractivity contribution in [1.82, 2.24) is 20.1 Å². The van der Waals surface area contributed by atoms with Crippen molar-refractivity contribution in [2.24, 2.45) is 0 Å². The first-order valence-corrected chi connectivity index (χ1v) is 11.2. The molecule has 4 rings (SSSR count). The second-order valence-electron chi connectivity index (χ2n) is 7.91. The number of thiocarbonyl (C=S) groups is 1. The lowest BCUT2D eigenvalue weighted by Gasteiger charge is -2.27. The molecule has 32 heavy (non-hydrogen) atoms. The normalized spacial score (nSPS) is 20.3. The highest BCUT2D eigenvalue weighted by atomic mass is 32.1. The Morgan fingerprint density at radius 3 is 2.84 bits per heavy atom. The molecular weight excluding hydrogens is 428 g/mol. The summed E-state index contributed by atoms with van der Waals surface area (Å²) in [6.45, 7) is 5.41. The van der Waals surface area contributed by atoms with E-state index in [0.29, 0.717) is 13.1 Å². The molecule has 3 amide bonds. The van der Waals surface area contributed by atoms with Gasteiger partial charge >= 0.3 is 0 Å². The van der Waals surface area contributed by atoms with Gasteiger partial charge in [0.2, 0.25) is 5.91 Å². The van der Waals surface area contributed by atoms with E-state index in [1.807, 2.05) is 35.8 Å². The van der Waals surface area contributed by atoms with Gasteiger partial charge in [-0.3, -0.25) is 24.6 Å². The molecule has 0 saturated carbocycles. The van der Waals surface area contributed by atoms with Gasteiger partial charge in [-0.15, -0.1) is 0 Å². The highest BCUT2D eigenvalue weighted by molar-refractivity contribution is 7.80. The number of carbonyl (C=O) groups excluding carboxylic acids is 3. The molecule has 8 nitrogen and oxygen atoms in total. The highest BCUT2D eigenvalue weighted by Gasteiger charge is 2.33. The maximum atomic E-state index is 12.9. The number of rotatable bonds is 6. The fourth-order valence-corrected chi connectivity index (χ4v) is 4.51.